The molecule has 4 heteroatoms. The maximum absolute atomic E-state index is 12.8. The van der Waals surface area contributed by atoms with Gasteiger partial charge in [0.1, 0.15) is 0 Å². The number of hydrogen-bond donors (Lipinski definition) is 2. The average molecular weight is 379 g/mol. The fourth-order valence-electron chi connectivity index (χ4n) is 4.02. The van der Waals surface area contributed by atoms with Gasteiger partial charge in [-0.1, -0.05) is 47.3 Å². The van der Waals surface area contributed by atoms with Crippen LogP contribution in [-0.2, 0) is 11.2 Å². The maximum atomic E-state index is 12.8. The van der Waals surface area contributed by atoms with Crippen LogP contribution in [0.25, 0.3) is 0 Å². The van der Waals surface area contributed by atoms with Gasteiger partial charge in [0, 0.05) is 15.9 Å². The first-order chi connectivity index (χ1) is 11.2. The van der Waals surface area contributed by atoms with Crippen molar-refractivity contribution < 1.29 is 4.79 Å². The lowest BCUT2D eigenvalue weighted by Crippen LogP contribution is -2.54. The van der Waals surface area contributed by atoms with Crippen LogP contribution < -0.4 is 10.6 Å². The molecule has 0 bridgehead atoms. The minimum Gasteiger partial charge on any atom is -0.350 e. The highest BCUT2D eigenvalue weighted by atomic mass is 79.9. The summed E-state index contributed by atoms with van der Waals surface area (Å²) in [6, 6.07) is 8.55. The van der Waals surface area contributed by atoms with Gasteiger partial charge in [0.25, 0.3) is 0 Å². The SMILES string of the molecule is O=C(NC1(Cc2ccc(Br)cc2)CCCCC1)C1CCNCC1. The first-order valence-electron chi connectivity index (χ1n) is 8.94. The molecule has 0 aromatic heterocycles. The third-order valence-electron chi connectivity index (χ3n) is 5.36. The summed E-state index contributed by atoms with van der Waals surface area (Å²) in [5.41, 5.74) is 1.29. The summed E-state index contributed by atoms with van der Waals surface area (Å²) in [5, 5.41) is 6.83. The van der Waals surface area contributed by atoms with Crippen molar-refractivity contribution in [2.24, 2.45) is 5.92 Å². The van der Waals surface area contributed by atoms with Crippen molar-refractivity contribution in [1.82, 2.24) is 10.6 Å². The molecule has 1 heterocycles. The van der Waals surface area contributed by atoms with E-state index in [0.29, 0.717) is 0 Å². The molecule has 1 saturated heterocycles. The van der Waals surface area contributed by atoms with Gasteiger partial charge in [-0.05, 0) is 62.9 Å². The number of carbonyl (C=O) groups excluding carboxylic acids is 1. The van der Waals surface area contributed by atoms with Crippen LogP contribution in [0.2, 0.25) is 0 Å². The highest BCUT2D eigenvalue weighted by Gasteiger charge is 2.35. The number of piperidine rings is 1. The summed E-state index contributed by atoms with van der Waals surface area (Å²) in [5.74, 6) is 0.477. The number of hydrogen-bond acceptors (Lipinski definition) is 2. The summed E-state index contributed by atoms with van der Waals surface area (Å²) in [7, 11) is 0. The maximum Gasteiger partial charge on any atom is 0.223 e. The summed E-state index contributed by atoms with van der Waals surface area (Å²) >= 11 is 3.50. The first-order valence-corrected chi connectivity index (χ1v) is 9.73. The first kappa shape index (κ1) is 17.0. The van der Waals surface area contributed by atoms with Gasteiger partial charge in [-0.3, -0.25) is 4.79 Å². The number of halogens is 1. The van der Waals surface area contributed by atoms with Crippen molar-refractivity contribution in [1.29, 1.82) is 0 Å². The number of nitrogens with one attached hydrogen (secondary N) is 2. The third kappa shape index (κ3) is 4.57. The van der Waals surface area contributed by atoms with Crippen LogP contribution in [0.1, 0.15) is 50.5 Å². The molecule has 0 radical (unpaired) electrons. The number of amides is 1. The van der Waals surface area contributed by atoms with Gasteiger partial charge in [0.05, 0.1) is 0 Å². The van der Waals surface area contributed by atoms with Crippen molar-refractivity contribution in [3.63, 3.8) is 0 Å². The minimum absolute atomic E-state index is 0.0337. The lowest BCUT2D eigenvalue weighted by molar-refractivity contribution is -0.128. The van der Waals surface area contributed by atoms with E-state index in [1.807, 2.05) is 0 Å². The molecule has 23 heavy (non-hydrogen) atoms. The van der Waals surface area contributed by atoms with Gasteiger partial charge in [-0.2, -0.15) is 0 Å². The molecule has 1 aliphatic heterocycles. The number of carbonyl (C=O) groups is 1. The molecular formula is C19H27BrN2O. The topological polar surface area (TPSA) is 41.1 Å². The zero-order valence-corrected chi connectivity index (χ0v) is 15.3. The van der Waals surface area contributed by atoms with Crippen molar-refractivity contribution in [3.05, 3.63) is 34.3 Å². The molecule has 0 unspecified atom stereocenters. The van der Waals surface area contributed by atoms with E-state index >= 15 is 0 Å². The third-order valence-corrected chi connectivity index (χ3v) is 5.89. The van der Waals surface area contributed by atoms with Gasteiger partial charge in [0.15, 0.2) is 0 Å². The van der Waals surface area contributed by atoms with Gasteiger partial charge in [-0.15, -0.1) is 0 Å². The lowest BCUT2D eigenvalue weighted by atomic mass is 9.77. The molecule has 126 valence electrons. The monoisotopic (exact) mass is 378 g/mol. The van der Waals surface area contributed by atoms with E-state index in [-0.39, 0.29) is 17.4 Å². The minimum atomic E-state index is -0.0337. The van der Waals surface area contributed by atoms with Crippen molar-refractivity contribution in [3.8, 4) is 0 Å². The van der Waals surface area contributed by atoms with Crippen LogP contribution in [0.5, 0.6) is 0 Å². The Morgan fingerprint density at radius 3 is 2.43 bits per heavy atom. The highest BCUT2D eigenvalue weighted by Crippen LogP contribution is 2.32. The molecule has 1 aromatic rings. The lowest BCUT2D eigenvalue weighted by Gasteiger charge is -2.40. The van der Waals surface area contributed by atoms with Crippen LogP contribution in [-0.4, -0.2) is 24.5 Å². The Balaban J connectivity index is 1.70. The van der Waals surface area contributed by atoms with E-state index < -0.39 is 0 Å². The molecule has 3 nitrogen and oxygen atoms in total. The molecule has 0 spiro atoms. The molecule has 1 aliphatic carbocycles. The molecular weight excluding hydrogens is 352 g/mol. The molecule has 3 rings (SSSR count). The second kappa shape index (κ2) is 7.80. The van der Waals surface area contributed by atoms with E-state index in [0.717, 1.165) is 49.7 Å². The predicted molar refractivity (Wildman–Crippen MR) is 97.4 cm³/mol. The summed E-state index contributed by atoms with van der Waals surface area (Å²) in [4.78, 5) is 12.8. The van der Waals surface area contributed by atoms with Crippen LogP contribution >= 0.6 is 15.9 Å². The van der Waals surface area contributed by atoms with Crippen LogP contribution in [0.4, 0.5) is 0 Å². The van der Waals surface area contributed by atoms with Gasteiger partial charge >= 0.3 is 0 Å². The summed E-state index contributed by atoms with van der Waals surface area (Å²) in [6.45, 7) is 1.94. The summed E-state index contributed by atoms with van der Waals surface area (Å²) < 4.78 is 1.11. The predicted octanol–water partition coefficient (Wildman–Crippen LogP) is 3.81. The molecule has 1 amide bonds. The molecule has 2 N–H and O–H groups in total. The standard InChI is InChI=1S/C19H27BrN2O/c20-17-6-4-15(5-7-17)14-19(10-2-1-3-11-19)22-18(23)16-8-12-21-13-9-16/h4-7,16,21H,1-3,8-14H2,(H,22,23). The summed E-state index contributed by atoms with van der Waals surface area (Å²) in [6.07, 6.45) is 8.87. The zero-order valence-electron chi connectivity index (χ0n) is 13.7. The van der Waals surface area contributed by atoms with E-state index in [1.165, 1.54) is 24.8 Å². The Morgan fingerprint density at radius 2 is 1.78 bits per heavy atom. The second-order valence-corrected chi connectivity index (χ2v) is 8.07. The van der Waals surface area contributed by atoms with Crippen LogP contribution in [0.3, 0.4) is 0 Å². The van der Waals surface area contributed by atoms with E-state index in [2.05, 4.69) is 50.8 Å². The van der Waals surface area contributed by atoms with Gasteiger partial charge < -0.3 is 10.6 Å². The van der Waals surface area contributed by atoms with Crippen molar-refractivity contribution in [2.45, 2.75) is 56.9 Å². The fourth-order valence-corrected chi connectivity index (χ4v) is 4.28. The normalized spacial score (nSPS) is 21.8. The van der Waals surface area contributed by atoms with Crippen LogP contribution in [0.15, 0.2) is 28.7 Å². The van der Waals surface area contributed by atoms with Gasteiger partial charge in [-0.25, -0.2) is 0 Å². The molecule has 1 saturated carbocycles. The Hall–Kier alpha value is -0.870. The van der Waals surface area contributed by atoms with Crippen molar-refractivity contribution in [2.75, 3.05) is 13.1 Å². The molecule has 0 atom stereocenters. The highest BCUT2D eigenvalue weighted by molar-refractivity contribution is 9.10. The van der Waals surface area contributed by atoms with Crippen LogP contribution in [0, 0.1) is 5.92 Å². The fraction of sp³-hybridized carbons (Fsp3) is 0.632. The average Bonchev–Trinajstić information content (AvgIpc) is 2.58. The van der Waals surface area contributed by atoms with Gasteiger partial charge in [0.2, 0.25) is 5.91 Å². The molecule has 2 aliphatic rings. The van der Waals surface area contributed by atoms with E-state index in [4.69, 9.17) is 0 Å². The van der Waals surface area contributed by atoms with E-state index in [9.17, 15) is 4.79 Å². The Morgan fingerprint density at radius 1 is 1.13 bits per heavy atom. The largest absolute Gasteiger partial charge is 0.350 e. The zero-order chi connectivity index (χ0) is 16.1. The van der Waals surface area contributed by atoms with E-state index in [1.54, 1.807) is 0 Å². The molecule has 2 fully saturated rings. The van der Waals surface area contributed by atoms with Crippen molar-refractivity contribution >= 4 is 21.8 Å². The smallest absolute Gasteiger partial charge is 0.223 e. The number of benzene rings is 1. The second-order valence-electron chi connectivity index (χ2n) is 7.16. The Bertz CT molecular complexity index is 517. The number of rotatable bonds is 4. The quantitative estimate of drug-likeness (QED) is 0.835. The molecule has 1 aromatic carbocycles. The Labute approximate surface area is 147 Å². The Kier molecular flexibility index (Phi) is 5.76.